The van der Waals surface area contributed by atoms with Gasteiger partial charge in [-0.3, -0.25) is 9.59 Å². The molecule has 0 bridgehead atoms. The molecule has 0 radical (unpaired) electrons. The Kier molecular flexibility index (Phi) is 2.47. The van der Waals surface area contributed by atoms with E-state index in [4.69, 9.17) is 0 Å². The van der Waals surface area contributed by atoms with E-state index in [9.17, 15) is 9.59 Å². The third-order valence-corrected chi connectivity index (χ3v) is 3.36. The van der Waals surface area contributed by atoms with Crippen LogP contribution in [0.25, 0.3) is 0 Å². The van der Waals surface area contributed by atoms with E-state index in [1.54, 1.807) is 0 Å². The largest absolute Gasteiger partial charge is 0.300 e. The quantitative estimate of drug-likeness (QED) is 0.652. The highest BCUT2D eigenvalue weighted by molar-refractivity contribution is 5.81. The molecule has 0 heterocycles. The summed E-state index contributed by atoms with van der Waals surface area (Å²) >= 11 is 0. The Labute approximate surface area is 78.7 Å². The molecule has 0 aromatic rings. The maximum Gasteiger partial charge on any atom is 0.133 e. The highest BCUT2D eigenvalue weighted by Gasteiger charge is 2.28. The van der Waals surface area contributed by atoms with Crippen LogP contribution in [0.15, 0.2) is 0 Å². The Balaban J connectivity index is 1.78. The maximum atomic E-state index is 11.0. The third kappa shape index (κ3) is 2.17. The van der Waals surface area contributed by atoms with Crippen LogP contribution in [0.3, 0.4) is 0 Å². The molecule has 0 saturated heterocycles. The summed E-state index contributed by atoms with van der Waals surface area (Å²) in [6.45, 7) is 0. The van der Waals surface area contributed by atoms with Gasteiger partial charge in [0.2, 0.25) is 0 Å². The standard InChI is InChI=1S/C11H16O2/c12-10-3-1-8(6-10)5-9-2-4-11(13)7-9/h8-9H,1-7H2. The highest BCUT2D eigenvalue weighted by Crippen LogP contribution is 2.34. The van der Waals surface area contributed by atoms with Gasteiger partial charge in [0.1, 0.15) is 11.6 Å². The van der Waals surface area contributed by atoms with Crippen LogP contribution in [0.1, 0.15) is 44.9 Å². The number of Topliss-reactive ketones (excluding diaryl/α,β-unsaturated/α-hetero) is 2. The van der Waals surface area contributed by atoms with Gasteiger partial charge in [-0.25, -0.2) is 0 Å². The van der Waals surface area contributed by atoms with Gasteiger partial charge < -0.3 is 0 Å². The third-order valence-electron chi connectivity index (χ3n) is 3.36. The van der Waals surface area contributed by atoms with Crippen molar-refractivity contribution >= 4 is 11.6 Å². The number of ketones is 2. The smallest absolute Gasteiger partial charge is 0.133 e. The molecule has 2 aliphatic rings. The van der Waals surface area contributed by atoms with E-state index in [1.165, 1.54) is 0 Å². The first kappa shape index (κ1) is 8.92. The van der Waals surface area contributed by atoms with Gasteiger partial charge in [0, 0.05) is 25.7 Å². The number of carbonyl (C=O) groups is 2. The molecule has 0 aliphatic heterocycles. The predicted molar refractivity (Wildman–Crippen MR) is 49.3 cm³/mol. The van der Waals surface area contributed by atoms with Gasteiger partial charge in [-0.1, -0.05) is 0 Å². The molecule has 0 aromatic heterocycles. The molecule has 2 nitrogen and oxygen atoms in total. The van der Waals surface area contributed by atoms with Crippen LogP contribution in [0.5, 0.6) is 0 Å². The van der Waals surface area contributed by atoms with E-state index in [0.717, 1.165) is 44.9 Å². The summed E-state index contributed by atoms with van der Waals surface area (Å²) in [6, 6.07) is 0. The molecule has 0 N–H and O–H groups in total. The van der Waals surface area contributed by atoms with Gasteiger partial charge >= 0.3 is 0 Å². The van der Waals surface area contributed by atoms with Gasteiger partial charge in [-0.15, -0.1) is 0 Å². The maximum absolute atomic E-state index is 11.0. The zero-order valence-electron chi connectivity index (χ0n) is 7.92. The lowest BCUT2D eigenvalue weighted by Gasteiger charge is -2.12. The van der Waals surface area contributed by atoms with Crippen molar-refractivity contribution in [2.75, 3.05) is 0 Å². The minimum atomic E-state index is 0.425. The van der Waals surface area contributed by atoms with Gasteiger partial charge in [0.15, 0.2) is 0 Å². The average molecular weight is 180 g/mol. The second kappa shape index (κ2) is 3.60. The monoisotopic (exact) mass is 180 g/mol. The van der Waals surface area contributed by atoms with Crippen molar-refractivity contribution in [3.63, 3.8) is 0 Å². The van der Waals surface area contributed by atoms with E-state index in [2.05, 4.69) is 0 Å². The Bertz CT molecular complexity index is 208. The molecule has 2 atom stereocenters. The second-order valence-electron chi connectivity index (χ2n) is 4.53. The second-order valence-corrected chi connectivity index (χ2v) is 4.53. The fourth-order valence-electron chi connectivity index (χ4n) is 2.66. The Morgan fingerprint density at radius 1 is 0.923 bits per heavy atom. The first-order valence-corrected chi connectivity index (χ1v) is 5.27. The van der Waals surface area contributed by atoms with Crippen molar-refractivity contribution in [3.8, 4) is 0 Å². The minimum Gasteiger partial charge on any atom is -0.300 e. The predicted octanol–water partition coefficient (Wildman–Crippen LogP) is 2.11. The van der Waals surface area contributed by atoms with Crippen LogP contribution < -0.4 is 0 Å². The van der Waals surface area contributed by atoms with E-state index < -0.39 is 0 Å². The van der Waals surface area contributed by atoms with Gasteiger partial charge in [0.25, 0.3) is 0 Å². The summed E-state index contributed by atoms with van der Waals surface area (Å²) in [5, 5.41) is 0. The van der Waals surface area contributed by atoms with Crippen LogP contribution in [-0.4, -0.2) is 11.6 Å². The molecule has 0 amide bonds. The van der Waals surface area contributed by atoms with Crippen molar-refractivity contribution in [1.29, 1.82) is 0 Å². The first-order chi connectivity index (χ1) is 6.24. The van der Waals surface area contributed by atoms with Crippen molar-refractivity contribution in [2.45, 2.75) is 44.9 Å². The lowest BCUT2D eigenvalue weighted by molar-refractivity contribution is -0.118. The summed E-state index contributed by atoms with van der Waals surface area (Å²) in [5.74, 6) is 2.05. The van der Waals surface area contributed by atoms with Crippen LogP contribution in [0.2, 0.25) is 0 Å². The summed E-state index contributed by atoms with van der Waals surface area (Å²) < 4.78 is 0. The highest BCUT2D eigenvalue weighted by atomic mass is 16.1. The molecule has 72 valence electrons. The molecule has 2 heteroatoms. The summed E-state index contributed by atoms with van der Waals surface area (Å²) in [7, 11) is 0. The van der Waals surface area contributed by atoms with E-state index in [1.807, 2.05) is 0 Å². The van der Waals surface area contributed by atoms with E-state index in [0.29, 0.717) is 23.4 Å². The Hall–Kier alpha value is -0.660. The summed E-state index contributed by atoms with van der Waals surface area (Å²) in [5.41, 5.74) is 0. The van der Waals surface area contributed by atoms with Crippen molar-refractivity contribution < 1.29 is 9.59 Å². The van der Waals surface area contributed by atoms with Crippen molar-refractivity contribution in [3.05, 3.63) is 0 Å². The molecule has 2 unspecified atom stereocenters. The first-order valence-electron chi connectivity index (χ1n) is 5.27. The molecular formula is C11H16O2. The normalized spacial score (nSPS) is 34.5. The topological polar surface area (TPSA) is 34.1 Å². The number of carbonyl (C=O) groups excluding carboxylic acids is 2. The van der Waals surface area contributed by atoms with Gasteiger partial charge in [-0.05, 0) is 31.1 Å². The summed E-state index contributed by atoms with van der Waals surface area (Å²) in [6.07, 6.45) is 6.40. The fourth-order valence-corrected chi connectivity index (χ4v) is 2.66. The Morgan fingerprint density at radius 3 is 1.69 bits per heavy atom. The van der Waals surface area contributed by atoms with Gasteiger partial charge in [0.05, 0.1) is 0 Å². The molecule has 2 saturated carbocycles. The minimum absolute atomic E-state index is 0.425. The molecule has 13 heavy (non-hydrogen) atoms. The molecule has 0 spiro atoms. The Morgan fingerprint density at radius 2 is 1.38 bits per heavy atom. The number of rotatable bonds is 2. The number of hydrogen-bond donors (Lipinski definition) is 0. The molecule has 2 fully saturated rings. The summed E-state index contributed by atoms with van der Waals surface area (Å²) in [4.78, 5) is 22.0. The zero-order chi connectivity index (χ0) is 9.26. The van der Waals surface area contributed by atoms with Crippen molar-refractivity contribution in [1.82, 2.24) is 0 Å². The average Bonchev–Trinajstić information content (AvgIpc) is 2.62. The SMILES string of the molecule is O=C1CCC(CC2CCC(=O)C2)C1. The molecular weight excluding hydrogens is 164 g/mol. The zero-order valence-corrected chi connectivity index (χ0v) is 7.92. The van der Waals surface area contributed by atoms with Crippen molar-refractivity contribution in [2.24, 2.45) is 11.8 Å². The van der Waals surface area contributed by atoms with Crippen LogP contribution >= 0.6 is 0 Å². The van der Waals surface area contributed by atoms with E-state index >= 15 is 0 Å². The van der Waals surface area contributed by atoms with Crippen LogP contribution in [0, 0.1) is 11.8 Å². The lowest BCUT2D eigenvalue weighted by atomic mass is 9.92. The van der Waals surface area contributed by atoms with Crippen LogP contribution in [-0.2, 0) is 9.59 Å². The lowest BCUT2D eigenvalue weighted by Crippen LogP contribution is -2.04. The van der Waals surface area contributed by atoms with E-state index in [-0.39, 0.29) is 0 Å². The van der Waals surface area contributed by atoms with Gasteiger partial charge in [-0.2, -0.15) is 0 Å². The molecule has 0 aromatic carbocycles. The van der Waals surface area contributed by atoms with Crippen LogP contribution in [0.4, 0.5) is 0 Å². The molecule has 2 aliphatic carbocycles. The number of hydrogen-bond acceptors (Lipinski definition) is 2. The molecule has 2 rings (SSSR count). The fraction of sp³-hybridized carbons (Fsp3) is 0.818.